The molecule has 2 aliphatic heterocycles. The van der Waals surface area contributed by atoms with Gasteiger partial charge in [0.2, 0.25) is 0 Å². The molecular weight excluding hydrogens is 276 g/mol. The topological polar surface area (TPSA) is 41.6 Å². The van der Waals surface area contributed by atoms with Crippen molar-refractivity contribution in [3.8, 4) is 0 Å². The zero-order valence-corrected chi connectivity index (χ0v) is 12.2. The van der Waals surface area contributed by atoms with Gasteiger partial charge in [-0.2, -0.15) is 0 Å². The first-order valence-electron chi connectivity index (χ1n) is 7.08. The SMILES string of the molecule is O=C1COCC2(CCCNCC2)N1c1ccc(Cl)cc1. The second-order valence-electron chi connectivity index (χ2n) is 5.53. The molecule has 108 valence electrons. The van der Waals surface area contributed by atoms with E-state index in [1.165, 1.54) is 0 Å². The average Bonchev–Trinajstić information content (AvgIpc) is 2.67. The van der Waals surface area contributed by atoms with E-state index in [0.29, 0.717) is 11.6 Å². The molecule has 0 saturated carbocycles. The van der Waals surface area contributed by atoms with Crippen LogP contribution in [0.3, 0.4) is 0 Å². The Morgan fingerprint density at radius 1 is 1.20 bits per heavy atom. The number of anilines is 1. The number of amides is 1. The number of nitrogens with zero attached hydrogens (tertiary/aromatic N) is 1. The van der Waals surface area contributed by atoms with Crippen LogP contribution in [0.1, 0.15) is 19.3 Å². The highest BCUT2D eigenvalue weighted by atomic mass is 35.5. The quantitative estimate of drug-likeness (QED) is 0.863. The number of morpholine rings is 1. The lowest BCUT2D eigenvalue weighted by atomic mass is 9.87. The fourth-order valence-electron chi connectivity index (χ4n) is 3.21. The van der Waals surface area contributed by atoms with E-state index >= 15 is 0 Å². The first-order valence-corrected chi connectivity index (χ1v) is 7.46. The molecule has 0 bridgehead atoms. The van der Waals surface area contributed by atoms with Crippen LogP contribution in [-0.4, -0.2) is 37.7 Å². The third kappa shape index (κ3) is 2.55. The standard InChI is InChI=1S/C15H19ClN2O2/c16-12-2-4-13(5-3-12)18-14(19)10-20-11-15(18)6-1-8-17-9-7-15/h2-5,17H,1,6-11H2. The summed E-state index contributed by atoms with van der Waals surface area (Å²) >= 11 is 5.95. The zero-order valence-electron chi connectivity index (χ0n) is 11.4. The summed E-state index contributed by atoms with van der Waals surface area (Å²) in [4.78, 5) is 14.4. The van der Waals surface area contributed by atoms with Crippen molar-refractivity contribution in [3.05, 3.63) is 29.3 Å². The van der Waals surface area contributed by atoms with E-state index in [-0.39, 0.29) is 18.1 Å². The number of hydrogen-bond acceptors (Lipinski definition) is 3. The first-order chi connectivity index (χ1) is 9.71. The number of hydrogen-bond donors (Lipinski definition) is 1. The van der Waals surface area contributed by atoms with Gasteiger partial charge < -0.3 is 15.0 Å². The molecule has 0 aromatic heterocycles. The number of ether oxygens (including phenoxy) is 1. The first kappa shape index (κ1) is 13.9. The Bertz CT molecular complexity index is 481. The largest absolute Gasteiger partial charge is 0.369 e. The number of carbonyl (C=O) groups is 1. The fourth-order valence-corrected chi connectivity index (χ4v) is 3.34. The summed E-state index contributed by atoms with van der Waals surface area (Å²) in [5.41, 5.74) is 0.705. The number of halogens is 1. The molecule has 2 fully saturated rings. The number of carbonyl (C=O) groups excluding carboxylic acids is 1. The smallest absolute Gasteiger partial charge is 0.253 e. The third-order valence-electron chi connectivity index (χ3n) is 4.17. The van der Waals surface area contributed by atoms with Gasteiger partial charge in [-0.05, 0) is 56.6 Å². The Balaban J connectivity index is 1.97. The summed E-state index contributed by atoms with van der Waals surface area (Å²) in [6.07, 6.45) is 2.94. The minimum atomic E-state index is -0.216. The second-order valence-corrected chi connectivity index (χ2v) is 5.96. The van der Waals surface area contributed by atoms with Crippen LogP contribution >= 0.6 is 11.6 Å². The molecule has 4 nitrogen and oxygen atoms in total. The Labute approximate surface area is 124 Å². The van der Waals surface area contributed by atoms with Crippen LogP contribution in [0, 0.1) is 0 Å². The fraction of sp³-hybridized carbons (Fsp3) is 0.533. The van der Waals surface area contributed by atoms with E-state index in [4.69, 9.17) is 16.3 Å². The molecule has 1 amide bonds. The molecular formula is C15H19ClN2O2. The summed E-state index contributed by atoms with van der Waals surface area (Å²) < 4.78 is 5.56. The summed E-state index contributed by atoms with van der Waals surface area (Å²) in [5, 5.41) is 4.09. The highest BCUT2D eigenvalue weighted by Crippen LogP contribution is 2.35. The summed E-state index contributed by atoms with van der Waals surface area (Å²) in [5.74, 6) is 0.0421. The van der Waals surface area contributed by atoms with Crippen molar-refractivity contribution in [2.24, 2.45) is 0 Å². The van der Waals surface area contributed by atoms with Crippen LogP contribution in [0.5, 0.6) is 0 Å². The number of rotatable bonds is 1. The van der Waals surface area contributed by atoms with Gasteiger partial charge in [0, 0.05) is 10.7 Å². The minimum absolute atomic E-state index is 0.0421. The molecule has 0 aliphatic carbocycles. The van der Waals surface area contributed by atoms with Crippen molar-refractivity contribution in [1.29, 1.82) is 0 Å². The maximum Gasteiger partial charge on any atom is 0.253 e. The lowest BCUT2D eigenvalue weighted by Crippen LogP contribution is -2.60. The van der Waals surface area contributed by atoms with Gasteiger partial charge in [0.1, 0.15) is 6.61 Å². The van der Waals surface area contributed by atoms with Gasteiger partial charge in [-0.25, -0.2) is 0 Å². The van der Waals surface area contributed by atoms with Gasteiger partial charge in [0.05, 0.1) is 12.1 Å². The van der Waals surface area contributed by atoms with Crippen molar-refractivity contribution in [3.63, 3.8) is 0 Å². The third-order valence-corrected chi connectivity index (χ3v) is 4.42. The van der Waals surface area contributed by atoms with Crippen LogP contribution in [0.25, 0.3) is 0 Å². The van der Waals surface area contributed by atoms with E-state index in [9.17, 15) is 4.79 Å². The zero-order chi connectivity index (χ0) is 14.0. The van der Waals surface area contributed by atoms with Crippen LogP contribution in [0.15, 0.2) is 24.3 Å². The Morgan fingerprint density at radius 2 is 2.00 bits per heavy atom. The van der Waals surface area contributed by atoms with Gasteiger partial charge >= 0.3 is 0 Å². The molecule has 1 N–H and O–H groups in total. The molecule has 3 rings (SSSR count). The van der Waals surface area contributed by atoms with Gasteiger partial charge in [-0.1, -0.05) is 11.6 Å². The summed E-state index contributed by atoms with van der Waals surface area (Å²) in [7, 11) is 0. The van der Waals surface area contributed by atoms with Crippen molar-refractivity contribution in [2.75, 3.05) is 31.2 Å². The van der Waals surface area contributed by atoms with E-state index < -0.39 is 0 Å². The summed E-state index contributed by atoms with van der Waals surface area (Å²) in [6.45, 7) is 2.70. The van der Waals surface area contributed by atoms with E-state index in [1.807, 2.05) is 29.2 Å². The molecule has 1 aromatic rings. The van der Waals surface area contributed by atoms with Crippen LogP contribution in [-0.2, 0) is 9.53 Å². The van der Waals surface area contributed by atoms with Gasteiger partial charge in [0.25, 0.3) is 5.91 Å². The van der Waals surface area contributed by atoms with E-state index in [2.05, 4.69) is 5.32 Å². The van der Waals surface area contributed by atoms with E-state index in [1.54, 1.807) is 0 Å². The van der Waals surface area contributed by atoms with Gasteiger partial charge in [-0.3, -0.25) is 4.79 Å². The van der Waals surface area contributed by atoms with Crippen LogP contribution in [0.4, 0.5) is 5.69 Å². The van der Waals surface area contributed by atoms with Crippen LogP contribution in [0.2, 0.25) is 5.02 Å². The Morgan fingerprint density at radius 3 is 2.80 bits per heavy atom. The molecule has 5 heteroatoms. The molecule has 2 aliphatic rings. The Kier molecular flexibility index (Phi) is 3.96. The molecule has 20 heavy (non-hydrogen) atoms. The van der Waals surface area contributed by atoms with Crippen molar-refractivity contribution in [2.45, 2.75) is 24.8 Å². The molecule has 2 saturated heterocycles. The molecule has 1 spiro atoms. The monoisotopic (exact) mass is 294 g/mol. The normalized spacial score (nSPS) is 27.6. The predicted octanol–water partition coefficient (Wildman–Crippen LogP) is 2.22. The molecule has 1 atom stereocenters. The van der Waals surface area contributed by atoms with Crippen molar-refractivity contribution < 1.29 is 9.53 Å². The lowest BCUT2D eigenvalue weighted by Gasteiger charge is -2.46. The average molecular weight is 295 g/mol. The maximum absolute atomic E-state index is 12.4. The minimum Gasteiger partial charge on any atom is -0.369 e. The Hall–Kier alpha value is -1.10. The lowest BCUT2D eigenvalue weighted by molar-refractivity contribution is -0.130. The molecule has 0 radical (unpaired) electrons. The summed E-state index contributed by atoms with van der Waals surface area (Å²) in [6, 6.07) is 7.52. The second kappa shape index (κ2) is 5.72. The van der Waals surface area contributed by atoms with Crippen LogP contribution < -0.4 is 10.2 Å². The predicted molar refractivity (Wildman–Crippen MR) is 79.2 cm³/mol. The highest BCUT2D eigenvalue weighted by Gasteiger charge is 2.44. The molecule has 1 aromatic carbocycles. The maximum atomic E-state index is 12.4. The van der Waals surface area contributed by atoms with Gasteiger partial charge in [-0.15, -0.1) is 0 Å². The van der Waals surface area contributed by atoms with Crippen molar-refractivity contribution >= 4 is 23.2 Å². The molecule has 1 unspecified atom stereocenters. The highest BCUT2D eigenvalue weighted by molar-refractivity contribution is 6.30. The van der Waals surface area contributed by atoms with Gasteiger partial charge in [0.15, 0.2) is 0 Å². The number of benzene rings is 1. The van der Waals surface area contributed by atoms with Crippen molar-refractivity contribution in [1.82, 2.24) is 5.32 Å². The van der Waals surface area contributed by atoms with E-state index in [0.717, 1.165) is 38.0 Å². The number of nitrogens with one attached hydrogen (secondary N) is 1. The molecule has 2 heterocycles.